The molecule has 0 aliphatic rings. The number of nitrogens with one attached hydrogen (secondary N) is 1. The highest BCUT2D eigenvalue weighted by Gasteiger charge is 2.08. The van der Waals surface area contributed by atoms with E-state index in [0.29, 0.717) is 21.8 Å². The average Bonchev–Trinajstić information content (AvgIpc) is 2.48. The average molecular weight is 287 g/mol. The Kier molecular flexibility index (Phi) is 4.72. The molecule has 0 radical (unpaired) electrons. The third-order valence-corrected chi connectivity index (χ3v) is 2.76. The van der Waals surface area contributed by atoms with Gasteiger partial charge in [0.05, 0.1) is 16.3 Å². The first-order valence-electron chi connectivity index (χ1n) is 5.81. The molecule has 0 saturated heterocycles. The van der Waals surface area contributed by atoms with Gasteiger partial charge in [0.2, 0.25) is 0 Å². The maximum atomic E-state index is 12.1. The molecule has 0 fully saturated rings. The Hall–Kier alpha value is -2.35. The van der Waals surface area contributed by atoms with Gasteiger partial charge in [-0.15, -0.1) is 0 Å². The first-order valence-corrected chi connectivity index (χ1v) is 6.19. The summed E-state index contributed by atoms with van der Waals surface area (Å²) in [6.07, 6.45) is 2.96. The molecule has 0 aliphatic heterocycles. The number of pyridine rings is 1. The highest BCUT2D eigenvalue weighted by Crippen LogP contribution is 2.21. The van der Waals surface area contributed by atoms with Crippen LogP contribution in [0.2, 0.25) is 5.02 Å². The maximum absolute atomic E-state index is 12.1. The lowest BCUT2D eigenvalue weighted by atomic mass is 10.2. The number of rotatable bonds is 2. The number of amides is 1. The topological polar surface area (TPSA) is 62.2 Å². The molecule has 2 rings (SSSR count). The maximum Gasteiger partial charge on any atom is 0.257 e. The first-order chi connectivity index (χ1) is 9.70. The Morgan fingerprint density at radius 1 is 1.35 bits per heavy atom. The zero-order chi connectivity index (χ0) is 14.4. The standard InChI is InChI=1S/C15H11ClN2O2/c16-13-5-1-2-6-14(13)18-15(20)12-8-11(4-3-7-19)9-17-10-12/h1-2,5-6,8-10,19H,7H2,(H,18,20). The van der Waals surface area contributed by atoms with Gasteiger partial charge in [0.25, 0.3) is 5.91 Å². The van der Waals surface area contributed by atoms with E-state index in [1.54, 1.807) is 30.3 Å². The molecular weight excluding hydrogens is 276 g/mol. The molecule has 20 heavy (non-hydrogen) atoms. The van der Waals surface area contributed by atoms with Gasteiger partial charge < -0.3 is 10.4 Å². The van der Waals surface area contributed by atoms with E-state index in [2.05, 4.69) is 22.1 Å². The van der Waals surface area contributed by atoms with Crippen molar-refractivity contribution in [1.82, 2.24) is 4.98 Å². The summed E-state index contributed by atoms with van der Waals surface area (Å²) < 4.78 is 0. The van der Waals surface area contributed by atoms with Gasteiger partial charge in [-0.3, -0.25) is 9.78 Å². The molecule has 1 heterocycles. The van der Waals surface area contributed by atoms with Crippen molar-refractivity contribution in [3.63, 3.8) is 0 Å². The van der Waals surface area contributed by atoms with E-state index in [-0.39, 0.29) is 12.5 Å². The summed E-state index contributed by atoms with van der Waals surface area (Å²) in [5, 5.41) is 11.8. The number of hydrogen-bond donors (Lipinski definition) is 2. The molecule has 1 aromatic carbocycles. The summed E-state index contributed by atoms with van der Waals surface area (Å²) in [4.78, 5) is 16.0. The van der Waals surface area contributed by atoms with Crippen molar-refractivity contribution >= 4 is 23.2 Å². The number of hydrogen-bond acceptors (Lipinski definition) is 3. The highest BCUT2D eigenvalue weighted by molar-refractivity contribution is 6.33. The van der Waals surface area contributed by atoms with E-state index in [1.165, 1.54) is 12.4 Å². The van der Waals surface area contributed by atoms with Crippen LogP contribution in [0.25, 0.3) is 0 Å². The van der Waals surface area contributed by atoms with Gasteiger partial charge in [0.15, 0.2) is 0 Å². The summed E-state index contributed by atoms with van der Waals surface area (Å²) in [6, 6.07) is 8.57. The minimum atomic E-state index is -0.321. The Morgan fingerprint density at radius 3 is 2.90 bits per heavy atom. The predicted octanol–water partition coefficient (Wildman–Crippen LogP) is 2.33. The van der Waals surface area contributed by atoms with E-state index >= 15 is 0 Å². The third-order valence-electron chi connectivity index (χ3n) is 2.43. The lowest BCUT2D eigenvalue weighted by Gasteiger charge is -2.06. The molecule has 0 atom stereocenters. The highest BCUT2D eigenvalue weighted by atomic mass is 35.5. The van der Waals surface area contributed by atoms with Crippen LogP contribution in [0.1, 0.15) is 15.9 Å². The second-order valence-electron chi connectivity index (χ2n) is 3.86. The summed E-state index contributed by atoms with van der Waals surface area (Å²) in [5.41, 5.74) is 1.46. The number of carbonyl (C=O) groups is 1. The Bertz CT molecular complexity index is 690. The fourth-order valence-corrected chi connectivity index (χ4v) is 1.71. The molecule has 0 aliphatic carbocycles. The first kappa shape index (κ1) is 14.1. The van der Waals surface area contributed by atoms with Gasteiger partial charge in [0.1, 0.15) is 6.61 Å². The number of aliphatic hydroxyl groups is 1. The zero-order valence-electron chi connectivity index (χ0n) is 10.4. The number of aromatic nitrogens is 1. The Labute approximate surface area is 121 Å². The molecule has 5 heteroatoms. The Balaban J connectivity index is 2.19. The quantitative estimate of drug-likeness (QED) is 0.833. The normalized spacial score (nSPS) is 9.50. The lowest BCUT2D eigenvalue weighted by Crippen LogP contribution is -2.12. The third kappa shape index (κ3) is 3.58. The number of halogens is 1. The van der Waals surface area contributed by atoms with Crippen LogP contribution in [0.5, 0.6) is 0 Å². The van der Waals surface area contributed by atoms with Gasteiger partial charge >= 0.3 is 0 Å². The summed E-state index contributed by atoms with van der Waals surface area (Å²) in [7, 11) is 0. The van der Waals surface area contributed by atoms with Crippen molar-refractivity contribution in [2.75, 3.05) is 11.9 Å². The SMILES string of the molecule is O=C(Nc1ccccc1Cl)c1cncc(C#CCO)c1. The molecule has 0 bridgehead atoms. The molecule has 1 amide bonds. The van der Waals surface area contributed by atoms with Crippen molar-refractivity contribution in [2.45, 2.75) is 0 Å². The number of aliphatic hydroxyl groups excluding tert-OH is 1. The van der Waals surface area contributed by atoms with Crippen molar-refractivity contribution in [3.8, 4) is 11.8 Å². The summed E-state index contributed by atoms with van der Waals surface area (Å²) in [5.74, 6) is 4.88. The molecule has 4 nitrogen and oxygen atoms in total. The van der Waals surface area contributed by atoms with Gasteiger partial charge in [-0.05, 0) is 18.2 Å². The summed E-state index contributed by atoms with van der Waals surface area (Å²) in [6.45, 7) is -0.240. The van der Waals surface area contributed by atoms with Crippen LogP contribution in [-0.4, -0.2) is 22.6 Å². The number of anilines is 1. The van der Waals surface area contributed by atoms with Crippen molar-refractivity contribution < 1.29 is 9.90 Å². The molecular formula is C15H11ClN2O2. The van der Waals surface area contributed by atoms with Crippen LogP contribution < -0.4 is 5.32 Å². The molecule has 0 spiro atoms. The van der Waals surface area contributed by atoms with Crippen molar-refractivity contribution in [2.24, 2.45) is 0 Å². The number of benzene rings is 1. The molecule has 0 saturated carbocycles. The smallest absolute Gasteiger partial charge is 0.257 e. The second kappa shape index (κ2) is 6.71. The lowest BCUT2D eigenvalue weighted by molar-refractivity contribution is 0.102. The van der Waals surface area contributed by atoms with Crippen molar-refractivity contribution in [3.05, 3.63) is 58.9 Å². The second-order valence-corrected chi connectivity index (χ2v) is 4.26. The van der Waals surface area contributed by atoms with E-state index in [0.717, 1.165) is 0 Å². The number of para-hydroxylation sites is 1. The molecule has 100 valence electrons. The summed E-state index contributed by atoms with van der Waals surface area (Å²) >= 11 is 5.98. The number of nitrogens with zero attached hydrogens (tertiary/aromatic N) is 1. The molecule has 2 N–H and O–H groups in total. The van der Waals surface area contributed by atoms with Crippen LogP contribution in [0, 0.1) is 11.8 Å². The van der Waals surface area contributed by atoms with E-state index < -0.39 is 0 Å². The van der Waals surface area contributed by atoms with Gasteiger partial charge in [0, 0.05) is 18.0 Å². The van der Waals surface area contributed by atoms with Crippen LogP contribution >= 0.6 is 11.6 Å². The van der Waals surface area contributed by atoms with Crippen LogP contribution in [-0.2, 0) is 0 Å². The largest absolute Gasteiger partial charge is 0.384 e. The van der Waals surface area contributed by atoms with Crippen LogP contribution in [0.3, 0.4) is 0 Å². The fraction of sp³-hybridized carbons (Fsp3) is 0.0667. The predicted molar refractivity (Wildman–Crippen MR) is 77.6 cm³/mol. The zero-order valence-corrected chi connectivity index (χ0v) is 11.2. The number of carbonyl (C=O) groups excluding carboxylic acids is 1. The van der Waals surface area contributed by atoms with E-state index in [4.69, 9.17) is 16.7 Å². The van der Waals surface area contributed by atoms with E-state index in [9.17, 15) is 4.79 Å². The molecule has 1 aromatic heterocycles. The van der Waals surface area contributed by atoms with Gasteiger partial charge in [-0.1, -0.05) is 35.6 Å². The molecule has 2 aromatic rings. The van der Waals surface area contributed by atoms with Crippen LogP contribution in [0.4, 0.5) is 5.69 Å². The fourth-order valence-electron chi connectivity index (χ4n) is 1.53. The van der Waals surface area contributed by atoms with Gasteiger partial charge in [-0.2, -0.15) is 0 Å². The van der Waals surface area contributed by atoms with Crippen LogP contribution in [0.15, 0.2) is 42.7 Å². The van der Waals surface area contributed by atoms with Crippen molar-refractivity contribution in [1.29, 1.82) is 0 Å². The Morgan fingerprint density at radius 2 is 2.15 bits per heavy atom. The monoisotopic (exact) mass is 286 g/mol. The minimum absolute atomic E-state index is 0.240. The van der Waals surface area contributed by atoms with Gasteiger partial charge in [-0.25, -0.2) is 0 Å². The minimum Gasteiger partial charge on any atom is -0.384 e. The molecule has 0 unspecified atom stereocenters. The van der Waals surface area contributed by atoms with E-state index in [1.807, 2.05) is 0 Å².